The summed E-state index contributed by atoms with van der Waals surface area (Å²) >= 11 is 0. The standard InChI is InChI=1S/C24H24N4O3/c1-4-28-21-9-8-19(26(3)24(30)17-6-5-7-18(14-17)25-2)15-20(21)22(16-23(28)29)27-10-12-31-13-11-27/h5-9,14-16H,4,10-13H2,1,3H3. The number of morpholine rings is 1. The van der Waals surface area contributed by atoms with Crippen molar-refractivity contribution < 1.29 is 9.53 Å². The largest absolute Gasteiger partial charge is 0.378 e. The van der Waals surface area contributed by atoms with Gasteiger partial charge in [0.2, 0.25) is 0 Å². The van der Waals surface area contributed by atoms with Gasteiger partial charge in [-0.15, -0.1) is 0 Å². The van der Waals surface area contributed by atoms with E-state index < -0.39 is 0 Å². The topological polar surface area (TPSA) is 59.1 Å². The molecule has 7 nitrogen and oxygen atoms in total. The Kier molecular flexibility index (Phi) is 5.74. The lowest BCUT2D eigenvalue weighted by Crippen LogP contribution is -2.37. The van der Waals surface area contributed by atoms with Gasteiger partial charge in [0.1, 0.15) is 0 Å². The van der Waals surface area contributed by atoms with E-state index in [4.69, 9.17) is 11.3 Å². The second kappa shape index (κ2) is 8.62. The van der Waals surface area contributed by atoms with Gasteiger partial charge in [-0.05, 0) is 31.2 Å². The number of carbonyl (C=O) groups is 1. The van der Waals surface area contributed by atoms with Crippen LogP contribution in [0.3, 0.4) is 0 Å². The van der Waals surface area contributed by atoms with Crippen molar-refractivity contribution in [2.24, 2.45) is 0 Å². The number of ether oxygens (including phenoxy) is 1. The van der Waals surface area contributed by atoms with E-state index in [9.17, 15) is 9.59 Å². The number of nitrogens with zero attached hydrogens (tertiary/aromatic N) is 4. The minimum absolute atomic E-state index is 0.0374. The Hall–Kier alpha value is -3.63. The molecule has 0 atom stereocenters. The number of carbonyl (C=O) groups excluding carboxylic acids is 1. The molecular formula is C24H24N4O3. The molecule has 1 aliphatic rings. The summed E-state index contributed by atoms with van der Waals surface area (Å²) in [7, 11) is 1.72. The van der Waals surface area contributed by atoms with Crippen molar-refractivity contribution in [3.8, 4) is 0 Å². The third-order valence-corrected chi connectivity index (χ3v) is 5.66. The number of hydrogen-bond acceptors (Lipinski definition) is 4. The highest BCUT2D eigenvalue weighted by Gasteiger charge is 2.19. The van der Waals surface area contributed by atoms with Crippen molar-refractivity contribution in [3.63, 3.8) is 0 Å². The van der Waals surface area contributed by atoms with E-state index in [-0.39, 0.29) is 11.5 Å². The first-order chi connectivity index (χ1) is 15.0. The van der Waals surface area contributed by atoms with E-state index >= 15 is 0 Å². The maximum absolute atomic E-state index is 13.1. The quantitative estimate of drug-likeness (QED) is 0.609. The fraction of sp³-hybridized carbons (Fsp3) is 0.292. The molecule has 2 aromatic carbocycles. The molecule has 0 bridgehead atoms. The minimum Gasteiger partial charge on any atom is -0.378 e. The maximum Gasteiger partial charge on any atom is 0.256 e. The highest BCUT2D eigenvalue weighted by Crippen LogP contribution is 2.30. The van der Waals surface area contributed by atoms with Crippen LogP contribution in [0, 0.1) is 6.57 Å². The molecule has 1 fully saturated rings. The minimum atomic E-state index is -0.193. The number of hydrogen-bond donors (Lipinski definition) is 0. The molecule has 31 heavy (non-hydrogen) atoms. The van der Waals surface area contributed by atoms with Crippen LogP contribution in [-0.4, -0.2) is 43.8 Å². The van der Waals surface area contributed by atoms with Gasteiger partial charge in [-0.3, -0.25) is 9.59 Å². The van der Waals surface area contributed by atoms with Crippen LogP contribution >= 0.6 is 0 Å². The first-order valence-corrected chi connectivity index (χ1v) is 10.3. The van der Waals surface area contributed by atoms with Crippen LogP contribution in [0.2, 0.25) is 0 Å². The Bertz CT molecular complexity index is 1240. The van der Waals surface area contributed by atoms with E-state index in [1.165, 1.54) is 0 Å². The Morgan fingerprint density at radius 3 is 2.65 bits per heavy atom. The molecule has 2 heterocycles. The molecule has 1 amide bonds. The molecule has 0 spiro atoms. The zero-order valence-electron chi connectivity index (χ0n) is 17.7. The van der Waals surface area contributed by atoms with Crippen molar-refractivity contribution in [1.29, 1.82) is 0 Å². The molecule has 7 heteroatoms. The average molecular weight is 416 g/mol. The van der Waals surface area contributed by atoms with Gasteiger partial charge in [-0.1, -0.05) is 18.2 Å². The fourth-order valence-electron chi connectivity index (χ4n) is 3.98. The van der Waals surface area contributed by atoms with E-state index in [1.54, 1.807) is 46.8 Å². The van der Waals surface area contributed by atoms with Crippen LogP contribution in [0.1, 0.15) is 17.3 Å². The Morgan fingerprint density at radius 2 is 1.94 bits per heavy atom. The lowest BCUT2D eigenvalue weighted by atomic mass is 10.1. The average Bonchev–Trinajstić information content (AvgIpc) is 2.83. The second-order valence-electron chi connectivity index (χ2n) is 7.44. The molecule has 1 saturated heterocycles. The van der Waals surface area contributed by atoms with Crippen LogP contribution in [0.5, 0.6) is 0 Å². The Labute approximate surface area is 180 Å². The van der Waals surface area contributed by atoms with E-state index in [2.05, 4.69) is 9.74 Å². The van der Waals surface area contributed by atoms with Gasteiger partial charge in [0.15, 0.2) is 5.69 Å². The number of aryl methyl sites for hydroxylation is 1. The molecule has 1 aromatic heterocycles. The summed E-state index contributed by atoms with van der Waals surface area (Å²) in [5.74, 6) is -0.193. The zero-order chi connectivity index (χ0) is 22.0. The van der Waals surface area contributed by atoms with Gasteiger partial charge in [0.05, 0.1) is 31.0 Å². The van der Waals surface area contributed by atoms with E-state index in [1.807, 2.05) is 25.1 Å². The summed E-state index contributed by atoms with van der Waals surface area (Å²) in [4.78, 5) is 32.9. The maximum atomic E-state index is 13.1. The fourth-order valence-corrected chi connectivity index (χ4v) is 3.98. The van der Waals surface area contributed by atoms with Crippen molar-refractivity contribution in [2.45, 2.75) is 13.5 Å². The number of rotatable bonds is 4. The molecule has 0 saturated carbocycles. The molecule has 4 rings (SSSR count). The molecule has 0 N–H and O–H groups in total. The van der Waals surface area contributed by atoms with Crippen molar-refractivity contribution in [3.05, 3.63) is 75.9 Å². The summed E-state index contributed by atoms with van der Waals surface area (Å²) < 4.78 is 7.21. The SMILES string of the molecule is [C-]#[N+]c1cccc(C(=O)N(C)c2ccc3c(c2)c(N2CCOCC2)cc(=O)n3CC)c1. The van der Waals surface area contributed by atoms with Gasteiger partial charge in [-0.2, -0.15) is 0 Å². The van der Waals surface area contributed by atoms with Gasteiger partial charge in [0, 0.05) is 49.4 Å². The molecule has 0 unspecified atom stereocenters. The third kappa shape index (κ3) is 3.90. The highest BCUT2D eigenvalue weighted by atomic mass is 16.5. The lowest BCUT2D eigenvalue weighted by molar-refractivity contribution is 0.0993. The third-order valence-electron chi connectivity index (χ3n) is 5.66. The van der Waals surface area contributed by atoms with Gasteiger partial charge < -0.3 is 19.1 Å². The van der Waals surface area contributed by atoms with Crippen LogP contribution in [0.25, 0.3) is 15.7 Å². The number of aromatic nitrogens is 1. The molecule has 3 aromatic rings. The molecular weight excluding hydrogens is 392 g/mol. The first-order valence-electron chi connectivity index (χ1n) is 10.3. The monoisotopic (exact) mass is 416 g/mol. The number of amides is 1. The van der Waals surface area contributed by atoms with Crippen LogP contribution in [0.4, 0.5) is 17.1 Å². The number of anilines is 2. The lowest BCUT2D eigenvalue weighted by Gasteiger charge is -2.30. The molecule has 1 aliphatic heterocycles. The van der Waals surface area contributed by atoms with Crippen LogP contribution < -0.4 is 15.4 Å². The van der Waals surface area contributed by atoms with E-state index in [0.29, 0.717) is 44.1 Å². The number of benzene rings is 2. The Balaban J connectivity index is 1.80. The van der Waals surface area contributed by atoms with Crippen molar-refractivity contribution >= 4 is 33.9 Å². The molecule has 0 aliphatic carbocycles. The van der Waals surface area contributed by atoms with E-state index in [0.717, 1.165) is 22.3 Å². The van der Waals surface area contributed by atoms with Crippen LogP contribution in [-0.2, 0) is 11.3 Å². The molecule has 158 valence electrons. The van der Waals surface area contributed by atoms with Gasteiger partial charge >= 0.3 is 0 Å². The summed E-state index contributed by atoms with van der Waals surface area (Å²) in [5, 5.41) is 0.926. The van der Waals surface area contributed by atoms with Gasteiger partial charge in [0.25, 0.3) is 11.5 Å². The zero-order valence-corrected chi connectivity index (χ0v) is 17.7. The summed E-state index contributed by atoms with van der Waals surface area (Å²) in [5.41, 5.74) is 3.29. The normalized spacial score (nSPS) is 13.8. The smallest absolute Gasteiger partial charge is 0.256 e. The Morgan fingerprint density at radius 1 is 1.16 bits per heavy atom. The highest BCUT2D eigenvalue weighted by molar-refractivity contribution is 6.07. The van der Waals surface area contributed by atoms with Crippen LogP contribution in [0.15, 0.2) is 53.3 Å². The summed E-state index contributed by atoms with van der Waals surface area (Å²) in [6.07, 6.45) is 0. The first kappa shape index (κ1) is 20.6. The van der Waals surface area contributed by atoms with Crippen molar-refractivity contribution in [2.75, 3.05) is 43.2 Å². The summed E-state index contributed by atoms with van der Waals surface area (Å²) in [6, 6.07) is 14.1. The van der Waals surface area contributed by atoms with Crippen molar-refractivity contribution in [1.82, 2.24) is 4.57 Å². The second-order valence-corrected chi connectivity index (χ2v) is 7.44. The van der Waals surface area contributed by atoms with Gasteiger partial charge in [-0.25, -0.2) is 4.85 Å². The molecule has 0 radical (unpaired) electrons. The number of fused-ring (bicyclic) bond motifs is 1. The predicted molar refractivity (Wildman–Crippen MR) is 122 cm³/mol. The number of pyridine rings is 1. The predicted octanol–water partition coefficient (Wildman–Crippen LogP) is 3.69. The summed E-state index contributed by atoms with van der Waals surface area (Å²) in [6.45, 7) is 12.4.